The predicted octanol–water partition coefficient (Wildman–Crippen LogP) is 2.96. The average Bonchev–Trinajstić information content (AvgIpc) is 2.89. The molecule has 102 valence electrons. The summed E-state index contributed by atoms with van der Waals surface area (Å²) < 4.78 is 16.9. The number of benzene rings is 2. The zero-order valence-electron chi connectivity index (χ0n) is 10.8. The number of rotatable bonds is 1. The molecule has 0 spiro atoms. The number of aromatic nitrogens is 2. The van der Waals surface area contributed by atoms with E-state index in [-0.39, 0.29) is 11.4 Å². The summed E-state index contributed by atoms with van der Waals surface area (Å²) >= 11 is 5.76. The molecule has 0 atom stereocenters. The molecular formula is C16H9ClFN2O+. The van der Waals surface area contributed by atoms with Crippen LogP contribution in [-0.4, -0.2) is 4.40 Å². The maximum atomic E-state index is 14.1. The molecule has 0 unspecified atom stereocenters. The molecule has 0 saturated heterocycles. The summed E-state index contributed by atoms with van der Waals surface area (Å²) in [5.41, 5.74) is 0.707. The Morgan fingerprint density at radius 1 is 1.10 bits per heavy atom. The largest absolute Gasteiger partial charge is 0.508 e. The first-order valence-electron chi connectivity index (χ1n) is 6.39. The molecule has 0 bridgehead atoms. The smallest absolute Gasteiger partial charge is 0.202 e. The third kappa shape index (κ3) is 1.73. The zero-order valence-corrected chi connectivity index (χ0v) is 11.5. The molecule has 0 aliphatic heterocycles. The molecule has 21 heavy (non-hydrogen) atoms. The van der Waals surface area contributed by atoms with Gasteiger partial charge in [0.25, 0.3) is 0 Å². The number of hydrogen-bond donors (Lipinski definition) is 0. The van der Waals surface area contributed by atoms with Crippen LogP contribution in [0.3, 0.4) is 0 Å². The van der Waals surface area contributed by atoms with Gasteiger partial charge in [-0.05, 0) is 30.3 Å². The molecule has 0 fully saturated rings. The summed E-state index contributed by atoms with van der Waals surface area (Å²) in [7, 11) is 0. The highest BCUT2D eigenvalue weighted by Gasteiger charge is 2.20. The van der Waals surface area contributed by atoms with Gasteiger partial charge in [0.1, 0.15) is 12.4 Å². The molecule has 4 rings (SSSR count). The Kier molecular flexibility index (Phi) is 2.50. The number of hydrogen-bond acceptors (Lipinski definition) is 1. The van der Waals surface area contributed by atoms with Crippen LogP contribution in [0.15, 0.2) is 59.7 Å². The standard InChI is InChI=1S/C16H9ClFN2O/c17-12-4-5-14(13(18)8-12)20-9-11-3-1-2-10-6-7-19(15(10)11)16(20)21/h1-9H/q+1. The van der Waals surface area contributed by atoms with Gasteiger partial charge in [-0.3, -0.25) is 0 Å². The van der Waals surface area contributed by atoms with Gasteiger partial charge >= 0.3 is 5.69 Å². The van der Waals surface area contributed by atoms with E-state index in [1.54, 1.807) is 18.5 Å². The molecular weight excluding hydrogens is 291 g/mol. The van der Waals surface area contributed by atoms with Crippen LogP contribution in [-0.2, 0) is 0 Å². The Morgan fingerprint density at radius 2 is 1.90 bits per heavy atom. The van der Waals surface area contributed by atoms with Crippen LogP contribution in [0.5, 0.6) is 0 Å². The molecule has 5 heteroatoms. The van der Waals surface area contributed by atoms with E-state index in [0.29, 0.717) is 5.02 Å². The first-order chi connectivity index (χ1) is 10.1. The molecule has 4 aromatic rings. The molecule has 0 radical (unpaired) electrons. The molecule has 0 aliphatic carbocycles. The normalized spacial score (nSPS) is 11.5. The maximum Gasteiger partial charge on any atom is 0.508 e. The van der Waals surface area contributed by atoms with E-state index in [4.69, 9.17) is 11.6 Å². The molecule has 0 amide bonds. The Bertz CT molecular complexity index is 1040. The first kappa shape index (κ1) is 12.3. The van der Waals surface area contributed by atoms with E-state index in [9.17, 15) is 9.18 Å². The SMILES string of the molecule is O=c1n2ccc3cccc(c[n+]1-c1ccc(Cl)cc1F)c32. The second-order valence-corrected chi connectivity index (χ2v) is 5.28. The van der Waals surface area contributed by atoms with E-state index in [2.05, 4.69) is 0 Å². The van der Waals surface area contributed by atoms with Crippen LogP contribution in [0.25, 0.3) is 22.0 Å². The fourth-order valence-corrected chi connectivity index (χ4v) is 2.80. The lowest BCUT2D eigenvalue weighted by Crippen LogP contribution is -2.50. The van der Waals surface area contributed by atoms with Gasteiger partial charge in [-0.1, -0.05) is 23.7 Å². The maximum absolute atomic E-state index is 14.1. The summed E-state index contributed by atoms with van der Waals surface area (Å²) in [6.07, 6.45) is 3.35. The van der Waals surface area contributed by atoms with Crippen LogP contribution in [0.4, 0.5) is 4.39 Å². The molecule has 2 aromatic carbocycles. The summed E-state index contributed by atoms with van der Waals surface area (Å²) in [4.78, 5) is 12.6. The van der Waals surface area contributed by atoms with Crippen molar-refractivity contribution in [2.45, 2.75) is 0 Å². The van der Waals surface area contributed by atoms with Crippen molar-refractivity contribution in [1.29, 1.82) is 0 Å². The van der Waals surface area contributed by atoms with E-state index >= 15 is 0 Å². The molecule has 2 heterocycles. The Balaban J connectivity index is 2.14. The van der Waals surface area contributed by atoms with Gasteiger partial charge in [-0.25, -0.2) is 4.39 Å². The highest BCUT2D eigenvalue weighted by atomic mass is 35.5. The van der Waals surface area contributed by atoms with E-state index in [1.165, 1.54) is 21.1 Å². The second kappa shape index (κ2) is 4.27. The molecule has 0 saturated carbocycles. The highest BCUT2D eigenvalue weighted by Crippen LogP contribution is 2.20. The van der Waals surface area contributed by atoms with Crippen molar-refractivity contribution >= 4 is 27.9 Å². The molecule has 2 aromatic heterocycles. The van der Waals surface area contributed by atoms with Crippen LogP contribution >= 0.6 is 11.6 Å². The van der Waals surface area contributed by atoms with Gasteiger partial charge in [0.15, 0.2) is 17.0 Å². The number of nitrogens with zero attached hydrogens (tertiary/aromatic N) is 2. The van der Waals surface area contributed by atoms with Gasteiger partial charge in [0.05, 0.1) is 5.39 Å². The van der Waals surface area contributed by atoms with E-state index in [0.717, 1.165) is 16.3 Å². The summed E-state index contributed by atoms with van der Waals surface area (Å²) in [5, 5.41) is 2.14. The van der Waals surface area contributed by atoms with Gasteiger partial charge in [-0.2, -0.15) is 13.8 Å². The van der Waals surface area contributed by atoms with Crippen molar-refractivity contribution in [1.82, 2.24) is 4.40 Å². The minimum Gasteiger partial charge on any atom is -0.202 e. The van der Waals surface area contributed by atoms with Crippen LogP contribution in [0.1, 0.15) is 0 Å². The Hall–Kier alpha value is -2.46. The fourth-order valence-electron chi connectivity index (χ4n) is 2.65. The van der Waals surface area contributed by atoms with Gasteiger partial charge in [0, 0.05) is 10.4 Å². The minimum absolute atomic E-state index is 0.181. The highest BCUT2D eigenvalue weighted by molar-refractivity contribution is 6.30. The second-order valence-electron chi connectivity index (χ2n) is 4.85. The number of halogens is 2. The first-order valence-corrected chi connectivity index (χ1v) is 6.76. The lowest BCUT2D eigenvalue weighted by Gasteiger charge is -2.03. The monoisotopic (exact) mass is 299 g/mol. The van der Waals surface area contributed by atoms with Gasteiger partial charge in [-0.15, -0.1) is 0 Å². The quantitative estimate of drug-likeness (QED) is 0.496. The van der Waals surface area contributed by atoms with Crippen molar-refractivity contribution in [3.05, 3.63) is 76.2 Å². The average molecular weight is 300 g/mol. The Morgan fingerprint density at radius 3 is 2.71 bits per heavy atom. The van der Waals surface area contributed by atoms with Crippen molar-refractivity contribution in [3.8, 4) is 5.69 Å². The van der Waals surface area contributed by atoms with Crippen LogP contribution in [0.2, 0.25) is 5.02 Å². The predicted molar refractivity (Wildman–Crippen MR) is 78.9 cm³/mol. The molecule has 0 N–H and O–H groups in total. The summed E-state index contributed by atoms with van der Waals surface area (Å²) in [6.45, 7) is 0. The molecule has 0 aliphatic rings. The molecule has 3 nitrogen and oxygen atoms in total. The zero-order chi connectivity index (χ0) is 14.6. The lowest BCUT2D eigenvalue weighted by atomic mass is 10.2. The fraction of sp³-hybridized carbons (Fsp3) is 0. The van der Waals surface area contributed by atoms with E-state index in [1.807, 2.05) is 24.3 Å². The Labute approximate surface area is 123 Å². The topological polar surface area (TPSA) is 25.4 Å². The van der Waals surface area contributed by atoms with Crippen molar-refractivity contribution < 1.29 is 8.96 Å². The van der Waals surface area contributed by atoms with Crippen molar-refractivity contribution in [3.63, 3.8) is 0 Å². The van der Waals surface area contributed by atoms with Crippen LogP contribution in [0, 0.1) is 5.82 Å². The lowest BCUT2D eigenvalue weighted by molar-refractivity contribution is -0.616. The van der Waals surface area contributed by atoms with Gasteiger partial charge in [0.2, 0.25) is 0 Å². The van der Waals surface area contributed by atoms with Gasteiger partial charge < -0.3 is 0 Å². The minimum atomic E-state index is -0.533. The summed E-state index contributed by atoms with van der Waals surface area (Å²) in [5.74, 6) is -0.533. The van der Waals surface area contributed by atoms with E-state index < -0.39 is 5.82 Å². The van der Waals surface area contributed by atoms with Crippen molar-refractivity contribution in [2.75, 3.05) is 0 Å². The van der Waals surface area contributed by atoms with Crippen molar-refractivity contribution in [2.24, 2.45) is 0 Å². The number of para-hydroxylation sites is 1. The van der Waals surface area contributed by atoms with Crippen LogP contribution < -0.4 is 10.3 Å². The third-order valence-electron chi connectivity index (χ3n) is 3.59. The third-order valence-corrected chi connectivity index (χ3v) is 3.83. The summed E-state index contributed by atoms with van der Waals surface area (Å²) in [6, 6.07) is 11.9.